The van der Waals surface area contributed by atoms with Crippen molar-refractivity contribution in [1.29, 1.82) is 0 Å². The zero-order chi connectivity index (χ0) is 14.5. The molecule has 2 aromatic carbocycles. The zero-order valence-corrected chi connectivity index (χ0v) is 11.4. The van der Waals surface area contributed by atoms with Gasteiger partial charge in [-0.1, -0.05) is 12.1 Å². The van der Waals surface area contributed by atoms with E-state index in [-0.39, 0.29) is 11.7 Å². The van der Waals surface area contributed by atoms with Crippen molar-refractivity contribution in [2.45, 2.75) is 10.6 Å². The second-order valence-electron chi connectivity index (χ2n) is 4.18. The van der Waals surface area contributed by atoms with Gasteiger partial charge in [0, 0.05) is 21.9 Å². The SMILES string of the molecule is NNC(=O)c1cccc(CSc2cc(N)cc(F)c2)c1. The molecule has 0 radical (unpaired) electrons. The monoisotopic (exact) mass is 291 g/mol. The maximum atomic E-state index is 13.2. The lowest BCUT2D eigenvalue weighted by atomic mass is 10.1. The van der Waals surface area contributed by atoms with Crippen LogP contribution in [0.15, 0.2) is 47.4 Å². The van der Waals surface area contributed by atoms with Gasteiger partial charge < -0.3 is 5.73 Å². The second kappa shape index (κ2) is 6.40. The fourth-order valence-corrected chi connectivity index (χ4v) is 2.65. The highest BCUT2D eigenvalue weighted by Gasteiger charge is 2.05. The van der Waals surface area contributed by atoms with E-state index in [9.17, 15) is 9.18 Å². The first kappa shape index (κ1) is 14.4. The Kier molecular flexibility index (Phi) is 4.60. The highest BCUT2D eigenvalue weighted by atomic mass is 32.2. The topological polar surface area (TPSA) is 81.1 Å². The third kappa shape index (κ3) is 3.72. The highest BCUT2D eigenvalue weighted by Crippen LogP contribution is 2.25. The van der Waals surface area contributed by atoms with E-state index in [0.717, 1.165) is 10.5 Å². The molecule has 0 heterocycles. The zero-order valence-electron chi connectivity index (χ0n) is 10.6. The van der Waals surface area contributed by atoms with E-state index < -0.39 is 0 Å². The van der Waals surface area contributed by atoms with E-state index in [1.54, 1.807) is 24.3 Å². The third-order valence-corrected chi connectivity index (χ3v) is 3.67. The van der Waals surface area contributed by atoms with Crippen LogP contribution in [0.2, 0.25) is 0 Å². The maximum Gasteiger partial charge on any atom is 0.265 e. The summed E-state index contributed by atoms with van der Waals surface area (Å²) in [5, 5.41) is 0. The number of amides is 1. The molecule has 0 fully saturated rings. The van der Waals surface area contributed by atoms with Gasteiger partial charge >= 0.3 is 0 Å². The molecule has 4 nitrogen and oxygen atoms in total. The van der Waals surface area contributed by atoms with E-state index in [4.69, 9.17) is 11.6 Å². The van der Waals surface area contributed by atoms with Gasteiger partial charge in [0.05, 0.1) is 0 Å². The molecule has 0 aliphatic heterocycles. The predicted molar refractivity (Wildman–Crippen MR) is 78.5 cm³/mol. The van der Waals surface area contributed by atoms with Crippen LogP contribution in [-0.4, -0.2) is 5.91 Å². The van der Waals surface area contributed by atoms with Gasteiger partial charge in [-0.15, -0.1) is 11.8 Å². The van der Waals surface area contributed by atoms with Crippen molar-refractivity contribution in [1.82, 2.24) is 5.43 Å². The number of nitrogens with two attached hydrogens (primary N) is 2. The Morgan fingerprint density at radius 3 is 2.75 bits per heavy atom. The van der Waals surface area contributed by atoms with E-state index >= 15 is 0 Å². The Hall–Kier alpha value is -2.05. The fourth-order valence-electron chi connectivity index (χ4n) is 1.72. The molecule has 0 bridgehead atoms. The summed E-state index contributed by atoms with van der Waals surface area (Å²) in [7, 11) is 0. The molecule has 0 atom stereocenters. The van der Waals surface area contributed by atoms with Crippen molar-refractivity contribution in [3.05, 3.63) is 59.4 Å². The Labute approximate surface area is 120 Å². The molecule has 0 saturated carbocycles. The number of nitrogen functional groups attached to an aromatic ring is 2. The molecule has 0 unspecified atom stereocenters. The molecule has 6 heteroatoms. The van der Waals surface area contributed by atoms with Crippen molar-refractivity contribution in [2.75, 3.05) is 5.73 Å². The number of carbonyl (C=O) groups excluding carboxylic acids is 1. The summed E-state index contributed by atoms with van der Waals surface area (Å²) in [5.74, 6) is 5.00. The van der Waals surface area contributed by atoms with Crippen LogP contribution in [0.3, 0.4) is 0 Å². The third-order valence-electron chi connectivity index (χ3n) is 2.62. The molecule has 20 heavy (non-hydrogen) atoms. The van der Waals surface area contributed by atoms with Gasteiger partial charge in [0.1, 0.15) is 5.82 Å². The van der Waals surface area contributed by atoms with Crippen LogP contribution in [-0.2, 0) is 5.75 Å². The lowest BCUT2D eigenvalue weighted by Crippen LogP contribution is -2.29. The fraction of sp³-hybridized carbons (Fsp3) is 0.0714. The van der Waals surface area contributed by atoms with Crippen molar-refractivity contribution >= 4 is 23.4 Å². The smallest absolute Gasteiger partial charge is 0.265 e. The van der Waals surface area contributed by atoms with E-state index in [1.807, 2.05) is 6.07 Å². The first-order chi connectivity index (χ1) is 9.58. The summed E-state index contributed by atoms with van der Waals surface area (Å²) in [6, 6.07) is 11.5. The number of thioether (sulfide) groups is 1. The van der Waals surface area contributed by atoms with Crippen LogP contribution >= 0.6 is 11.8 Å². The van der Waals surface area contributed by atoms with Crippen LogP contribution in [0.4, 0.5) is 10.1 Å². The van der Waals surface area contributed by atoms with Crippen molar-refractivity contribution < 1.29 is 9.18 Å². The van der Waals surface area contributed by atoms with Crippen LogP contribution in [0.5, 0.6) is 0 Å². The number of hydrazine groups is 1. The number of rotatable bonds is 4. The van der Waals surface area contributed by atoms with Crippen molar-refractivity contribution in [3.63, 3.8) is 0 Å². The molecule has 2 aromatic rings. The molecule has 0 saturated heterocycles. The molecule has 104 valence electrons. The Bertz CT molecular complexity index is 613. The average Bonchev–Trinajstić information content (AvgIpc) is 2.43. The molecule has 2 rings (SSSR count). The number of carbonyl (C=O) groups is 1. The van der Waals surface area contributed by atoms with Crippen LogP contribution in [0, 0.1) is 5.82 Å². The van der Waals surface area contributed by atoms with Crippen LogP contribution < -0.4 is 17.0 Å². The lowest BCUT2D eigenvalue weighted by molar-refractivity contribution is 0.0953. The minimum absolute atomic E-state index is 0.341. The maximum absolute atomic E-state index is 13.2. The number of hydrogen-bond acceptors (Lipinski definition) is 4. The number of hydrogen-bond donors (Lipinski definition) is 3. The van der Waals surface area contributed by atoms with Gasteiger partial charge in [0.2, 0.25) is 0 Å². The van der Waals surface area contributed by atoms with Gasteiger partial charge in [-0.2, -0.15) is 0 Å². The molecule has 0 aromatic heterocycles. The standard InChI is InChI=1S/C14H14FN3OS/c15-11-5-12(16)7-13(6-11)20-8-9-2-1-3-10(4-9)14(19)18-17/h1-7H,8,16-17H2,(H,18,19). The molecular formula is C14H14FN3OS. The molecule has 0 aliphatic rings. The summed E-state index contributed by atoms with van der Waals surface area (Å²) in [6.07, 6.45) is 0. The highest BCUT2D eigenvalue weighted by molar-refractivity contribution is 7.98. The summed E-state index contributed by atoms with van der Waals surface area (Å²) in [6.45, 7) is 0. The van der Waals surface area contributed by atoms with Crippen molar-refractivity contribution in [3.8, 4) is 0 Å². The Morgan fingerprint density at radius 1 is 1.25 bits per heavy atom. The van der Waals surface area contributed by atoms with Gasteiger partial charge in [0.25, 0.3) is 5.91 Å². The summed E-state index contributed by atoms with van der Waals surface area (Å²) < 4.78 is 13.2. The van der Waals surface area contributed by atoms with E-state index in [1.165, 1.54) is 23.9 Å². The van der Waals surface area contributed by atoms with Gasteiger partial charge in [-0.05, 0) is 35.9 Å². The van der Waals surface area contributed by atoms with Crippen LogP contribution in [0.1, 0.15) is 15.9 Å². The number of benzene rings is 2. The summed E-state index contributed by atoms with van der Waals surface area (Å²) in [4.78, 5) is 12.2. The first-order valence-electron chi connectivity index (χ1n) is 5.87. The second-order valence-corrected chi connectivity index (χ2v) is 5.23. The number of halogens is 1. The largest absolute Gasteiger partial charge is 0.399 e. The molecule has 1 amide bonds. The molecule has 0 aliphatic carbocycles. The van der Waals surface area contributed by atoms with Gasteiger partial charge in [0.15, 0.2) is 0 Å². The summed E-state index contributed by atoms with van der Waals surface area (Å²) >= 11 is 1.45. The van der Waals surface area contributed by atoms with Crippen LogP contribution in [0.25, 0.3) is 0 Å². The predicted octanol–water partition coefficient (Wildman–Crippen LogP) is 2.30. The normalized spacial score (nSPS) is 10.3. The van der Waals surface area contributed by atoms with E-state index in [2.05, 4.69) is 5.43 Å². The minimum atomic E-state index is -0.358. The Balaban J connectivity index is 2.09. The Morgan fingerprint density at radius 2 is 2.05 bits per heavy atom. The number of anilines is 1. The van der Waals surface area contributed by atoms with Gasteiger partial charge in [-0.3, -0.25) is 10.2 Å². The molecule has 0 spiro atoms. The number of nitrogens with one attached hydrogen (secondary N) is 1. The molecule has 5 N–H and O–H groups in total. The minimum Gasteiger partial charge on any atom is -0.399 e. The lowest BCUT2D eigenvalue weighted by Gasteiger charge is -2.05. The van der Waals surface area contributed by atoms with Gasteiger partial charge in [-0.25, -0.2) is 10.2 Å². The molecular weight excluding hydrogens is 277 g/mol. The van der Waals surface area contributed by atoms with E-state index in [0.29, 0.717) is 17.0 Å². The average molecular weight is 291 g/mol. The summed E-state index contributed by atoms with van der Waals surface area (Å²) in [5.41, 5.74) is 9.50. The quantitative estimate of drug-likeness (QED) is 0.265. The van der Waals surface area contributed by atoms with Crippen molar-refractivity contribution in [2.24, 2.45) is 5.84 Å². The first-order valence-corrected chi connectivity index (χ1v) is 6.86.